The standard InChI is InChI=1S/C6H9N3O/c1-9-3-2-4(7)5(8)6(9)10/h2-3H,7-8H2,1H3. The molecule has 54 valence electrons. The van der Waals surface area contributed by atoms with Crippen molar-refractivity contribution in [3.8, 4) is 0 Å². The minimum Gasteiger partial charge on any atom is -0.397 e. The Morgan fingerprint density at radius 2 is 2.10 bits per heavy atom. The van der Waals surface area contributed by atoms with Crippen molar-refractivity contribution in [1.82, 2.24) is 4.57 Å². The van der Waals surface area contributed by atoms with Gasteiger partial charge in [-0.3, -0.25) is 4.79 Å². The second-order valence-corrected chi connectivity index (χ2v) is 2.10. The van der Waals surface area contributed by atoms with Crippen molar-refractivity contribution < 1.29 is 0 Å². The average molecular weight is 139 g/mol. The van der Waals surface area contributed by atoms with E-state index in [1.54, 1.807) is 19.3 Å². The maximum atomic E-state index is 10.9. The maximum absolute atomic E-state index is 10.9. The molecule has 1 heterocycles. The van der Waals surface area contributed by atoms with Gasteiger partial charge in [0.1, 0.15) is 5.69 Å². The molecule has 0 aliphatic carbocycles. The molecule has 4 nitrogen and oxygen atoms in total. The third kappa shape index (κ3) is 0.834. The first-order valence-electron chi connectivity index (χ1n) is 2.83. The van der Waals surface area contributed by atoms with Crippen LogP contribution >= 0.6 is 0 Å². The average Bonchev–Trinajstić information content (AvgIpc) is 1.93. The van der Waals surface area contributed by atoms with Gasteiger partial charge >= 0.3 is 0 Å². The molecule has 1 aromatic rings. The number of anilines is 2. The molecule has 4 heteroatoms. The summed E-state index contributed by atoms with van der Waals surface area (Å²) in [5, 5.41) is 0. The largest absolute Gasteiger partial charge is 0.397 e. The lowest BCUT2D eigenvalue weighted by Crippen LogP contribution is -2.20. The van der Waals surface area contributed by atoms with Crippen LogP contribution in [0.25, 0.3) is 0 Å². The van der Waals surface area contributed by atoms with Gasteiger partial charge in [0.15, 0.2) is 0 Å². The van der Waals surface area contributed by atoms with Gasteiger partial charge in [-0.2, -0.15) is 0 Å². The summed E-state index contributed by atoms with van der Waals surface area (Å²) in [6.07, 6.45) is 1.58. The predicted octanol–water partition coefficient (Wildman–Crippen LogP) is -0.450. The molecule has 0 aromatic carbocycles. The topological polar surface area (TPSA) is 74.0 Å². The molecule has 0 fully saturated rings. The maximum Gasteiger partial charge on any atom is 0.275 e. The van der Waals surface area contributed by atoms with Crippen LogP contribution in [0, 0.1) is 0 Å². The van der Waals surface area contributed by atoms with Crippen molar-refractivity contribution in [2.24, 2.45) is 7.05 Å². The number of nitrogens with two attached hydrogens (primary N) is 2. The molecule has 0 saturated heterocycles. The van der Waals surface area contributed by atoms with E-state index in [4.69, 9.17) is 11.5 Å². The Hall–Kier alpha value is -1.45. The minimum absolute atomic E-state index is 0.116. The van der Waals surface area contributed by atoms with Crippen LogP contribution in [-0.4, -0.2) is 4.57 Å². The molecule has 0 atom stereocenters. The zero-order valence-corrected chi connectivity index (χ0v) is 5.66. The van der Waals surface area contributed by atoms with Gasteiger partial charge in [-0.25, -0.2) is 0 Å². The molecule has 0 aliphatic rings. The van der Waals surface area contributed by atoms with E-state index in [-0.39, 0.29) is 11.2 Å². The van der Waals surface area contributed by atoms with Gasteiger partial charge in [0.25, 0.3) is 5.56 Å². The van der Waals surface area contributed by atoms with Crippen molar-refractivity contribution in [3.63, 3.8) is 0 Å². The molecule has 4 N–H and O–H groups in total. The first kappa shape index (κ1) is 6.67. The van der Waals surface area contributed by atoms with Crippen LogP contribution in [0.4, 0.5) is 11.4 Å². The zero-order chi connectivity index (χ0) is 7.72. The van der Waals surface area contributed by atoms with E-state index < -0.39 is 0 Å². The van der Waals surface area contributed by atoms with E-state index in [1.165, 1.54) is 4.57 Å². The predicted molar refractivity (Wildman–Crippen MR) is 40.5 cm³/mol. The Labute approximate surface area is 58.1 Å². The number of rotatable bonds is 0. The number of nitrogen functional groups attached to an aromatic ring is 2. The van der Waals surface area contributed by atoms with E-state index >= 15 is 0 Å². The summed E-state index contributed by atoms with van der Waals surface area (Å²) in [6.45, 7) is 0. The van der Waals surface area contributed by atoms with Crippen LogP contribution in [0.1, 0.15) is 0 Å². The summed E-state index contributed by atoms with van der Waals surface area (Å²) in [6, 6.07) is 1.59. The molecule has 0 saturated carbocycles. The quantitative estimate of drug-likeness (QED) is 0.511. The lowest BCUT2D eigenvalue weighted by Gasteiger charge is -2.00. The third-order valence-electron chi connectivity index (χ3n) is 1.34. The fourth-order valence-electron chi connectivity index (χ4n) is 0.663. The highest BCUT2D eigenvalue weighted by molar-refractivity contribution is 5.60. The Kier molecular flexibility index (Phi) is 1.37. The second-order valence-electron chi connectivity index (χ2n) is 2.10. The van der Waals surface area contributed by atoms with Crippen LogP contribution in [0.5, 0.6) is 0 Å². The van der Waals surface area contributed by atoms with Gasteiger partial charge in [0, 0.05) is 13.2 Å². The van der Waals surface area contributed by atoms with Crippen LogP contribution < -0.4 is 17.0 Å². The summed E-state index contributed by atoms with van der Waals surface area (Å²) < 4.78 is 1.38. The van der Waals surface area contributed by atoms with E-state index in [1.807, 2.05) is 0 Å². The fraction of sp³-hybridized carbons (Fsp3) is 0.167. The SMILES string of the molecule is Cn1ccc(N)c(N)c1=O. The van der Waals surface area contributed by atoms with Gasteiger partial charge < -0.3 is 16.0 Å². The summed E-state index contributed by atoms with van der Waals surface area (Å²) in [5.74, 6) is 0. The number of pyridine rings is 1. The second kappa shape index (κ2) is 2.06. The Morgan fingerprint density at radius 1 is 1.50 bits per heavy atom. The molecule has 1 aromatic heterocycles. The number of aromatic nitrogens is 1. The molecule has 0 unspecified atom stereocenters. The van der Waals surface area contributed by atoms with Crippen LogP contribution in [0.3, 0.4) is 0 Å². The molecule has 0 spiro atoms. The van der Waals surface area contributed by atoms with Gasteiger partial charge in [-0.15, -0.1) is 0 Å². The smallest absolute Gasteiger partial charge is 0.275 e. The first-order valence-corrected chi connectivity index (χ1v) is 2.83. The molecule has 1 rings (SSSR count). The van der Waals surface area contributed by atoms with Crippen molar-refractivity contribution in [2.75, 3.05) is 11.5 Å². The molecule has 0 amide bonds. The van der Waals surface area contributed by atoms with Crippen molar-refractivity contribution in [3.05, 3.63) is 22.6 Å². The number of nitrogens with zero attached hydrogens (tertiary/aromatic N) is 1. The zero-order valence-electron chi connectivity index (χ0n) is 5.66. The summed E-state index contributed by atoms with van der Waals surface area (Å²) >= 11 is 0. The van der Waals surface area contributed by atoms with E-state index in [0.29, 0.717) is 5.69 Å². The molecule has 0 bridgehead atoms. The lowest BCUT2D eigenvalue weighted by atomic mass is 10.3. The molecular formula is C6H9N3O. The molecule has 0 aliphatic heterocycles. The minimum atomic E-state index is -0.250. The van der Waals surface area contributed by atoms with Crippen molar-refractivity contribution in [1.29, 1.82) is 0 Å². The number of hydrogen-bond donors (Lipinski definition) is 2. The van der Waals surface area contributed by atoms with E-state index in [9.17, 15) is 4.79 Å². The Balaban J connectivity index is 3.50. The molecule has 10 heavy (non-hydrogen) atoms. The van der Waals surface area contributed by atoms with Gasteiger partial charge in [0.05, 0.1) is 5.69 Å². The fourth-order valence-corrected chi connectivity index (χ4v) is 0.663. The van der Waals surface area contributed by atoms with Gasteiger partial charge in [-0.05, 0) is 6.07 Å². The number of aryl methyl sites for hydroxylation is 1. The van der Waals surface area contributed by atoms with E-state index in [0.717, 1.165) is 0 Å². The highest BCUT2D eigenvalue weighted by Crippen LogP contribution is 2.04. The van der Waals surface area contributed by atoms with Crippen molar-refractivity contribution in [2.45, 2.75) is 0 Å². The van der Waals surface area contributed by atoms with Crippen LogP contribution in [0.15, 0.2) is 17.1 Å². The summed E-state index contributed by atoms with van der Waals surface area (Å²) in [7, 11) is 1.62. The first-order chi connectivity index (χ1) is 4.63. The summed E-state index contributed by atoms with van der Waals surface area (Å²) in [5.41, 5.74) is 10.9. The van der Waals surface area contributed by atoms with E-state index in [2.05, 4.69) is 0 Å². The number of hydrogen-bond acceptors (Lipinski definition) is 3. The van der Waals surface area contributed by atoms with Gasteiger partial charge in [-0.1, -0.05) is 0 Å². The normalized spacial score (nSPS) is 9.70. The molecule has 0 radical (unpaired) electrons. The van der Waals surface area contributed by atoms with Crippen LogP contribution in [-0.2, 0) is 7.05 Å². The Morgan fingerprint density at radius 3 is 2.60 bits per heavy atom. The highest BCUT2D eigenvalue weighted by Gasteiger charge is 1.98. The molecular weight excluding hydrogens is 130 g/mol. The van der Waals surface area contributed by atoms with Crippen LogP contribution in [0.2, 0.25) is 0 Å². The summed E-state index contributed by atoms with van der Waals surface area (Å²) in [4.78, 5) is 10.9. The Bertz CT molecular complexity index is 302. The monoisotopic (exact) mass is 139 g/mol. The highest BCUT2D eigenvalue weighted by atomic mass is 16.1. The lowest BCUT2D eigenvalue weighted by molar-refractivity contribution is 0.865. The third-order valence-corrected chi connectivity index (χ3v) is 1.34. The van der Waals surface area contributed by atoms with Gasteiger partial charge in [0.2, 0.25) is 0 Å². The van der Waals surface area contributed by atoms with Crippen molar-refractivity contribution >= 4 is 11.4 Å².